The highest BCUT2D eigenvalue weighted by Gasteiger charge is 2.30. The molecule has 0 saturated heterocycles. The van der Waals surface area contributed by atoms with Crippen LogP contribution in [0.3, 0.4) is 0 Å². The van der Waals surface area contributed by atoms with Gasteiger partial charge in [0.2, 0.25) is 12.2 Å². The first kappa shape index (κ1) is 24.2. The molecular formula is C25H23FN2O6S. The van der Waals surface area contributed by atoms with E-state index in [4.69, 9.17) is 14.2 Å². The minimum Gasteiger partial charge on any atom is -0.481 e. The number of halogens is 1. The number of thiazole rings is 1. The second-order valence-corrected chi connectivity index (χ2v) is 9.17. The molecule has 182 valence electrons. The number of hydrogen-bond acceptors (Lipinski definition) is 7. The topological polar surface area (TPSA) is 107 Å². The Morgan fingerprint density at radius 2 is 2.00 bits per heavy atom. The van der Waals surface area contributed by atoms with Crippen LogP contribution < -0.4 is 10.1 Å². The average Bonchev–Trinajstić information content (AvgIpc) is 3.48. The van der Waals surface area contributed by atoms with Crippen LogP contribution >= 0.6 is 11.3 Å². The van der Waals surface area contributed by atoms with Crippen molar-refractivity contribution in [1.29, 1.82) is 0 Å². The van der Waals surface area contributed by atoms with Gasteiger partial charge in [-0.25, -0.2) is 9.37 Å². The highest BCUT2D eigenvalue weighted by atomic mass is 32.1. The number of carboxylic acid groups (broad SMARTS) is 1. The number of aliphatic carboxylic acids is 1. The van der Waals surface area contributed by atoms with E-state index in [1.165, 1.54) is 43.8 Å². The van der Waals surface area contributed by atoms with Gasteiger partial charge < -0.3 is 24.6 Å². The number of nitrogens with zero attached hydrogens (tertiary/aromatic N) is 1. The number of carboxylic acids is 1. The van der Waals surface area contributed by atoms with Crippen LogP contribution in [0.1, 0.15) is 40.2 Å². The number of hydrogen-bond donors (Lipinski definition) is 2. The zero-order valence-corrected chi connectivity index (χ0v) is 19.8. The van der Waals surface area contributed by atoms with Gasteiger partial charge in [0.1, 0.15) is 5.82 Å². The molecule has 0 radical (unpaired) electrons. The lowest BCUT2D eigenvalue weighted by Crippen LogP contribution is -2.29. The minimum atomic E-state index is -1.24. The van der Waals surface area contributed by atoms with Crippen LogP contribution in [0.2, 0.25) is 0 Å². The molecule has 1 aromatic heterocycles. The fourth-order valence-corrected chi connectivity index (χ4v) is 3.90. The fourth-order valence-electron chi connectivity index (χ4n) is 3.27. The Hall–Kier alpha value is -3.92. The van der Waals surface area contributed by atoms with Gasteiger partial charge in [0.25, 0.3) is 5.91 Å². The number of aromatic nitrogens is 1. The quantitative estimate of drug-likeness (QED) is 0.451. The molecule has 1 unspecified atom stereocenters. The van der Waals surface area contributed by atoms with Crippen LogP contribution in [0.15, 0.2) is 66.2 Å². The molecule has 0 fully saturated rings. The predicted molar refractivity (Wildman–Crippen MR) is 125 cm³/mol. The molecule has 35 heavy (non-hydrogen) atoms. The molecule has 0 aliphatic carbocycles. The van der Waals surface area contributed by atoms with Crippen LogP contribution in [-0.4, -0.2) is 28.3 Å². The van der Waals surface area contributed by atoms with E-state index >= 15 is 0 Å². The summed E-state index contributed by atoms with van der Waals surface area (Å²) >= 11 is 1.06. The second kappa shape index (κ2) is 10.1. The number of carbonyl (C=O) groups is 2. The third-order valence-electron chi connectivity index (χ3n) is 5.50. The Morgan fingerprint density at radius 1 is 1.23 bits per heavy atom. The van der Waals surface area contributed by atoms with E-state index in [9.17, 15) is 19.1 Å². The third kappa shape index (κ3) is 5.60. The smallest absolute Gasteiger partial charge is 0.325 e. The van der Waals surface area contributed by atoms with E-state index in [-0.39, 0.29) is 28.8 Å². The van der Waals surface area contributed by atoms with Crippen LogP contribution in [0.25, 0.3) is 0 Å². The maximum Gasteiger partial charge on any atom is 0.325 e. The maximum absolute atomic E-state index is 14.6. The van der Waals surface area contributed by atoms with Crippen LogP contribution in [0, 0.1) is 5.82 Å². The molecule has 0 spiro atoms. The molecule has 10 heteroatoms. The fraction of sp³-hybridized carbons (Fsp3) is 0.240. The molecule has 2 N–H and O–H groups in total. The van der Waals surface area contributed by atoms with Gasteiger partial charge in [0, 0.05) is 18.5 Å². The lowest BCUT2D eigenvalue weighted by Gasteiger charge is -2.20. The average molecular weight is 499 g/mol. The Kier molecular flexibility index (Phi) is 7.02. The molecule has 1 atom stereocenters. The molecule has 1 amide bonds. The molecule has 0 saturated carbocycles. The molecule has 4 rings (SSSR count). The SMILES string of the molecule is CC(C)(C(=O)O)c1ccc(CNC(=O)c2scnc2OC2=COC(Cc3ccccc3)O2)c(F)c1. The largest absolute Gasteiger partial charge is 0.481 e. The summed E-state index contributed by atoms with van der Waals surface area (Å²) in [5, 5.41) is 12.0. The van der Waals surface area contributed by atoms with Crippen molar-refractivity contribution in [2.75, 3.05) is 0 Å². The van der Waals surface area contributed by atoms with Crippen LogP contribution in [0.4, 0.5) is 4.39 Å². The van der Waals surface area contributed by atoms with E-state index in [0.29, 0.717) is 12.0 Å². The van der Waals surface area contributed by atoms with Crippen molar-refractivity contribution < 1.29 is 33.3 Å². The monoisotopic (exact) mass is 498 g/mol. The van der Waals surface area contributed by atoms with Gasteiger partial charge >= 0.3 is 11.9 Å². The standard InChI is InChI=1S/C25H23FN2O6S/c1-25(2,24(30)31)17-9-8-16(18(26)11-17)12-27-22(29)21-23(28-14-35-21)34-20-13-32-19(33-20)10-15-6-4-3-5-7-15/h3-9,11,13-14,19H,10,12H2,1-2H3,(H,27,29)(H,30,31). The Balaban J connectivity index is 1.34. The third-order valence-corrected chi connectivity index (χ3v) is 6.30. The van der Waals surface area contributed by atoms with Crippen molar-refractivity contribution in [3.05, 3.63) is 93.6 Å². The van der Waals surface area contributed by atoms with E-state index in [0.717, 1.165) is 16.9 Å². The molecule has 2 aromatic carbocycles. The number of rotatable bonds is 9. The summed E-state index contributed by atoms with van der Waals surface area (Å²) in [6, 6.07) is 13.9. The molecular weight excluding hydrogens is 475 g/mol. The summed E-state index contributed by atoms with van der Waals surface area (Å²) in [5.41, 5.74) is 1.79. The number of amides is 1. The minimum absolute atomic E-state index is 0.0433. The van der Waals surface area contributed by atoms with E-state index in [1.54, 1.807) is 0 Å². The van der Waals surface area contributed by atoms with Crippen molar-refractivity contribution in [2.24, 2.45) is 0 Å². The Labute approximate surface area is 205 Å². The summed E-state index contributed by atoms with van der Waals surface area (Å²) < 4.78 is 31.3. The molecule has 1 aliphatic heterocycles. The van der Waals surface area contributed by atoms with Crippen LogP contribution in [-0.2, 0) is 32.6 Å². The molecule has 3 aromatic rings. The van der Waals surface area contributed by atoms with Gasteiger partial charge in [-0.3, -0.25) is 9.59 Å². The van der Waals surface area contributed by atoms with Crippen molar-refractivity contribution in [1.82, 2.24) is 10.3 Å². The lowest BCUT2D eigenvalue weighted by atomic mass is 9.84. The Bertz CT molecular complexity index is 1260. The van der Waals surface area contributed by atoms with Crippen molar-refractivity contribution in [3.8, 4) is 5.88 Å². The normalized spacial score (nSPS) is 15.1. The summed E-state index contributed by atoms with van der Waals surface area (Å²) in [4.78, 5) is 28.3. The van der Waals surface area contributed by atoms with Gasteiger partial charge in [0.15, 0.2) is 11.1 Å². The van der Waals surface area contributed by atoms with Gasteiger partial charge in [-0.15, -0.1) is 11.3 Å². The number of ether oxygens (including phenoxy) is 3. The van der Waals surface area contributed by atoms with Gasteiger partial charge in [-0.2, -0.15) is 0 Å². The zero-order valence-electron chi connectivity index (χ0n) is 19.0. The predicted octanol–water partition coefficient (Wildman–Crippen LogP) is 4.37. The van der Waals surface area contributed by atoms with E-state index < -0.39 is 29.4 Å². The summed E-state index contributed by atoms with van der Waals surface area (Å²) in [6.45, 7) is 2.89. The van der Waals surface area contributed by atoms with Gasteiger partial charge in [-0.05, 0) is 31.0 Å². The van der Waals surface area contributed by atoms with Crippen molar-refractivity contribution in [2.45, 2.75) is 38.5 Å². The van der Waals surface area contributed by atoms with Crippen LogP contribution in [0.5, 0.6) is 5.88 Å². The zero-order chi connectivity index (χ0) is 25.0. The highest BCUT2D eigenvalue weighted by Crippen LogP contribution is 2.28. The first-order valence-electron chi connectivity index (χ1n) is 10.7. The molecule has 1 aliphatic rings. The first-order valence-corrected chi connectivity index (χ1v) is 11.6. The second-order valence-electron chi connectivity index (χ2n) is 8.32. The van der Waals surface area contributed by atoms with Gasteiger partial charge in [-0.1, -0.05) is 42.5 Å². The summed E-state index contributed by atoms with van der Waals surface area (Å²) in [5.74, 6) is -2.05. The maximum atomic E-state index is 14.6. The number of benzene rings is 2. The molecule has 0 bridgehead atoms. The highest BCUT2D eigenvalue weighted by molar-refractivity contribution is 7.12. The van der Waals surface area contributed by atoms with Gasteiger partial charge in [0.05, 0.1) is 10.9 Å². The number of nitrogens with one attached hydrogen (secondary N) is 1. The van der Waals surface area contributed by atoms with E-state index in [2.05, 4.69) is 10.3 Å². The van der Waals surface area contributed by atoms with E-state index in [1.807, 2.05) is 30.3 Å². The first-order chi connectivity index (χ1) is 16.7. The summed E-state index contributed by atoms with van der Waals surface area (Å²) in [7, 11) is 0. The molecule has 8 nitrogen and oxygen atoms in total. The molecule has 2 heterocycles. The van der Waals surface area contributed by atoms with Crippen molar-refractivity contribution >= 4 is 23.2 Å². The Morgan fingerprint density at radius 3 is 2.71 bits per heavy atom. The lowest BCUT2D eigenvalue weighted by molar-refractivity contribution is -0.142. The summed E-state index contributed by atoms with van der Waals surface area (Å²) in [6.07, 6.45) is 1.28. The number of carbonyl (C=O) groups excluding carboxylic acids is 1. The van der Waals surface area contributed by atoms with Crippen molar-refractivity contribution in [3.63, 3.8) is 0 Å².